The van der Waals surface area contributed by atoms with Crippen LogP contribution in [0.3, 0.4) is 0 Å². The van der Waals surface area contributed by atoms with E-state index < -0.39 is 0 Å². The third-order valence-corrected chi connectivity index (χ3v) is 3.36. The highest BCUT2D eigenvalue weighted by atomic mass is 32.1. The van der Waals surface area contributed by atoms with Gasteiger partial charge in [-0.3, -0.25) is 0 Å². The van der Waals surface area contributed by atoms with E-state index in [1.165, 1.54) is 9.75 Å². The standard InChI is InChI=1S/C13H13N3S/c1-10-2-3-13(17-10)9-15-8-11-4-5-16-12(6-11)7-14/h2-6,15H,8-9H2,1H3. The molecular weight excluding hydrogens is 230 g/mol. The summed E-state index contributed by atoms with van der Waals surface area (Å²) in [6.45, 7) is 3.73. The molecule has 2 heterocycles. The monoisotopic (exact) mass is 243 g/mol. The maximum atomic E-state index is 8.74. The van der Waals surface area contributed by atoms with E-state index in [1.54, 1.807) is 17.5 Å². The zero-order valence-corrected chi connectivity index (χ0v) is 10.4. The Morgan fingerprint density at radius 3 is 2.94 bits per heavy atom. The quantitative estimate of drug-likeness (QED) is 0.898. The van der Waals surface area contributed by atoms with E-state index in [0.717, 1.165) is 18.7 Å². The molecule has 0 aliphatic carbocycles. The van der Waals surface area contributed by atoms with Crippen LogP contribution >= 0.6 is 11.3 Å². The minimum atomic E-state index is 0.469. The Kier molecular flexibility index (Phi) is 3.86. The van der Waals surface area contributed by atoms with Gasteiger partial charge in [-0.05, 0) is 36.8 Å². The van der Waals surface area contributed by atoms with E-state index in [1.807, 2.05) is 18.2 Å². The fourth-order valence-corrected chi connectivity index (χ4v) is 2.42. The first kappa shape index (κ1) is 11.8. The van der Waals surface area contributed by atoms with E-state index in [4.69, 9.17) is 5.26 Å². The molecule has 0 aliphatic heterocycles. The van der Waals surface area contributed by atoms with Crippen LogP contribution in [0.4, 0.5) is 0 Å². The summed E-state index contributed by atoms with van der Waals surface area (Å²) in [5, 5.41) is 12.1. The van der Waals surface area contributed by atoms with Crippen LogP contribution in [0, 0.1) is 18.3 Å². The lowest BCUT2D eigenvalue weighted by Crippen LogP contribution is -2.11. The molecule has 0 saturated heterocycles. The zero-order valence-electron chi connectivity index (χ0n) is 9.60. The topological polar surface area (TPSA) is 48.7 Å². The average Bonchev–Trinajstić information content (AvgIpc) is 2.75. The van der Waals surface area contributed by atoms with Gasteiger partial charge in [-0.1, -0.05) is 0 Å². The van der Waals surface area contributed by atoms with Crippen molar-refractivity contribution in [1.29, 1.82) is 5.26 Å². The summed E-state index contributed by atoms with van der Waals surface area (Å²) in [5.74, 6) is 0. The van der Waals surface area contributed by atoms with Gasteiger partial charge in [0.05, 0.1) is 0 Å². The number of hydrogen-bond acceptors (Lipinski definition) is 4. The van der Waals surface area contributed by atoms with Crippen LogP contribution in [0.25, 0.3) is 0 Å². The molecule has 86 valence electrons. The maximum Gasteiger partial charge on any atom is 0.140 e. The maximum absolute atomic E-state index is 8.74. The van der Waals surface area contributed by atoms with Gasteiger partial charge in [0.1, 0.15) is 11.8 Å². The van der Waals surface area contributed by atoms with E-state index in [-0.39, 0.29) is 0 Å². The summed E-state index contributed by atoms with van der Waals surface area (Å²) in [6.07, 6.45) is 1.67. The normalized spacial score (nSPS) is 10.1. The van der Waals surface area contributed by atoms with Gasteiger partial charge in [-0.2, -0.15) is 5.26 Å². The average molecular weight is 243 g/mol. The highest BCUT2D eigenvalue weighted by Gasteiger charge is 1.98. The number of rotatable bonds is 4. The van der Waals surface area contributed by atoms with Gasteiger partial charge >= 0.3 is 0 Å². The molecule has 0 saturated carbocycles. The Morgan fingerprint density at radius 2 is 2.24 bits per heavy atom. The Bertz CT molecular complexity index is 540. The fourth-order valence-electron chi connectivity index (χ4n) is 1.56. The largest absolute Gasteiger partial charge is 0.308 e. The molecule has 0 aromatic carbocycles. The fraction of sp³-hybridized carbons (Fsp3) is 0.231. The Balaban J connectivity index is 1.88. The molecule has 0 unspecified atom stereocenters. The van der Waals surface area contributed by atoms with Crippen molar-refractivity contribution in [3.05, 3.63) is 51.5 Å². The number of nitriles is 1. The van der Waals surface area contributed by atoms with E-state index in [0.29, 0.717) is 5.69 Å². The first-order chi connectivity index (χ1) is 8.28. The lowest BCUT2D eigenvalue weighted by molar-refractivity contribution is 0.700. The van der Waals surface area contributed by atoms with Crippen molar-refractivity contribution in [2.24, 2.45) is 0 Å². The molecule has 2 aromatic heterocycles. The van der Waals surface area contributed by atoms with Crippen LogP contribution in [0.5, 0.6) is 0 Å². The lowest BCUT2D eigenvalue weighted by atomic mass is 10.2. The summed E-state index contributed by atoms with van der Waals surface area (Å²) in [7, 11) is 0. The number of nitrogens with one attached hydrogen (secondary N) is 1. The Morgan fingerprint density at radius 1 is 1.35 bits per heavy atom. The van der Waals surface area contributed by atoms with Crippen LogP contribution in [-0.2, 0) is 13.1 Å². The van der Waals surface area contributed by atoms with Gasteiger partial charge in [0, 0.05) is 29.0 Å². The van der Waals surface area contributed by atoms with Gasteiger partial charge in [-0.25, -0.2) is 4.98 Å². The third kappa shape index (κ3) is 3.38. The number of aromatic nitrogens is 1. The van der Waals surface area contributed by atoms with Gasteiger partial charge in [0.2, 0.25) is 0 Å². The smallest absolute Gasteiger partial charge is 0.140 e. The molecule has 0 fully saturated rings. The summed E-state index contributed by atoms with van der Waals surface area (Å²) in [6, 6.07) is 10.0. The SMILES string of the molecule is Cc1ccc(CNCc2ccnc(C#N)c2)s1. The second-order valence-corrected chi connectivity index (χ2v) is 5.15. The van der Waals surface area contributed by atoms with Crippen LogP contribution < -0.4 is 5.32 Å². The molecule has 2 rings (SSSR count). The molecule has 3 nitrogen and oxygen atoms in total. The van der Waals surface area contributed by atoms with Crippen molar-refractivity contribution in [2.45, 2.75) is 20.0 Å². The first-order valence-electron chi connectivity index (χ1n) is 5.39. The summed E-state index contributed by atoms with van der Waals surface area (Å²) in [5.41, 5.74) is 1.56. The summed E-state index contributed by atoms with van der Waals surface area (Å²) in [4.78, 5) is 6.60. The van der Waals surface area contributed by atoms with Gasteiger partial charge in [-0.15, -0.1) is 11.3 Å². The molecule has 1 N–H and O–H groups in total. The van der Waals surface area contributed by atoms with E-state index in [9.17, 15) is 0 Å². The van der Waals surface area contributed by atoms with Crippen LogP contribution in [0.1, 0.15) is 21.0 Å². The van der Waals surface area contributed by atoms with Crippen molar-refractivity contribution in [3.63, 3.8) is 0 Å². The Labute approximate surface area is 105 Å². The van der Waals surface area contributed by atoms with Gasteiger partial charge in [0.25, 0.3) is 0 Å². The highest BCUT2D eigenvalue weighted by Crippen LogP contribution is 2.14. The van der Waals surface area contributed by atoms with Crippen LogP contribution in [0.2, 0.25) is 0 Å². The second-order valence-electron chi connectivity index (χ2n) is 3.78. The predicted molar refractivity (Wildman–Crippen MR) is 68.6 cm³/mol. The molecule has 0 bridgehead atoms. The number of thiophene rings is 1. The first-order valence-corrected chi connectivity index (χ1v) is 6.20. The number of nitrogens with zero attached hydrogens (tertiary/aromatic N) is 2. The molecular formula is C13H13N3S. The number of hydrogen-bond donors (Lipinski definition) is 1. The lowest BCUT2D eigenvalue weighted by Gasteiger charge is -2.03. The third-order valence-electron chi connectivity index (χ3n) is 2.36. The molecule has 2 aromatic rings. The molecule has 0 atom stereocenters. The molecule has 0 spiro atoms. The van der Waals surface area contributed by atoms with Crippen molar-refractivity contribution in [2.75, 3.05) is 0 Å². The van der Waals surface area contributed by atoms with E-state index in [2.05, 4.69) is 29.4 Å². The summed E-state index contributed by atoms with van der Waals surface area (Å²) >= 11 is 1.80. The predicted octanol–water partition coefficient (Wildman–Crippen LogP) is 2.61. The second kappa shape index (κ2) is 5.58. The number of aryl methyl sites for hydroxylation is 1. The van der Waals surface area contributed by atoms with Crippen molar-refractivity contribution >= 4 is 11.3 Å². The summed E-state index contributed by atoms with van der Waals surface area (Å²) < 4.78 is 0. The Hall–Kier alpha value is -1.70. The number of pyridine rings is 1. The van der Waals surface area contributed by atoms with Gasteiger partial charge in [0.15, 0.2) is 0 Å². The van der Waals surface area contributed by atoms with Crippen LogP contribution in [-0.4, -0.2) is 4.98 Å². The molecule has 0 amide bonds. The zero-order chi connectivity index (χ0) is 12.1. The molecule has 0 radical (unpaired) electrons. The van der Waals surface area contributed by atoms with Gasteiger partial charge < -0.3 is 5.32 Å². The minimum Gasteiger partial charge on any atom is -0.308 e. The molecule has 17 heavy (non-hydrogen) atoms. The minimum absolute atomic E-state index is 0.469. The van der Waals surface area contributed by atoms with Crippen molar-refractivity contribution in [1.82, 2.24) is 10.3 Å². The van der Waals surface area contributed by atoms with E-state index >= 15 is 0 Å². The van der Waals surface area contributed by atoms with Crippen molar-refractivity contribution < 1.29 is 0 Å². The van der Waals surface area contributed by atoms with Crippen molar-refractivity contribution in [3.8, 4) is 6.07 Å². The van der Waals surface area contributed by atoms with Crippen LogP contribution in [0.15, 0.2) is 30.5 Å². The highest BCUT2D eigenvalue weighted by molar-refractivity contribution is 7.11. The molecule has 0 aliphatic rings. The molecule has 4 heteroatoms.